The average molecular weight is 488 g/mol. The van der Waals surface area contributed by atoms with Crippen LogP contribution in [-0.4, -0.2) is 45.5 Å². The molecule has 0 saturated carbocycles. The highest BCUT2D eigenvalue weighted by molar-refractivity contribution is 5.95. The Morgan fingerprint density at radius 2 is 1.94 bits per heavy atom. The van der Waals surface area contributed by atoms with Crippen molar-refractivity contribution in [3.8, 4) is 0 Å². The van der Waals surface area contributed by atoms with E-state index >= 15 is 0 Å². The predicted octanol–water partition coefficient (Wildman–Crippen LogP) is 4.87. The largest absolute Gasteiger partial charge is 0.481 e. The minimum Gasteiger partial charge on any atom is -0.481 e. The van der Waals surface area contributed by atoms with Crippen LogP contribution in [0.15, 0.2) is 59.4 Å². The molecule has 36 heavy (non-hydrogen) atoms. The minimum absolute atomic E-state index is 0.00618. The molecule has 0 fully saturated rings. The Morgan fingerprint density at radius 1 is 1.14 bits per heavy atom. The van der Waals surface area contributed by atoms with Crippen LogP contribution in [0.4, 0.5) is 17.4 Å². The van der Waals surface area contributed by atoms with Crippen LogP contribution in [0.2, 0.25) is 0 Å². The number of carbonyl (C=O) groups excluding carboxylic acids is 1. The highest BCUT2D eigenvalue weighted by Crippen LogP contribution is 2.29. The molecular formula is C27H29N5O4. The summed E-state index contributed by atoms with van der Waals surface area (Å²) in [6, 6.07) is 11.5. The summed E-state index contributed by atoms with van der Waals surface area (Å²) in [6.45, 7) is 6.20. The third-order valence-corrected chi connectivity index (χ3v) is 6.14. The third kappa shape index (κ3) is 5.35. The first kappa shape index (κ1) is 24.8. The van der Waals surface area contributed by atoms with Crippen molar-refractivity contribution in [3.63, 3.8) is 0 Å². The molecule has 4 rings (SSSR count). The molecular weight excluding hydrogens is 458 g/mol. The Hall–Kier alpha value is -4.27. The van der Waals surface area contributed by atoms with Gasteiger partial charge < -0.3 is 14.4 Å². The third-order valence-electron chi connectivity index (χ3n) is 6.14. The van der Waals surface area contributed by atoms with Gasteiger partial charge in [-0.25, -0.2) is 0 Å². The van der Waals surface area contributed by atoms with E-state index in [-0.39, 0.29) is 24.7 Å². The number of hydrogen-bond acceptors (Lipinski definition) is 7. The van der Waals surface area contributed by atoms with E-state index < -0.39 is 5.97 Å². The monoisotopic (exact) mass is 487 g/mol. The maximum Gasteiger partial charge on any atom is 0.304 e. The molecule has 186 valence electrons. The van der Waals surface area contributed by atoms with Gasteiger partial charge in [0.05, 0.1) is 36.6 Å². The highest BCUT2D eigenvalue weighted by atomic mass is 16.4. The topological polar surface area (TPSA) is 113 Å². The first-order valence-corrected chi connectivity index (χ1v) is 11.8. The second kappa shape index (κ2) is 10.6. The number of likely N-dealkylation sites (N-methyl/N-ethyl adjacent to an activating group) is 1. The molecule has 1 atom stereocenters. The van der Waals surface area contributed by atoms with Crippen LogP contribution in [0.3, 0.4) is 0 Å². The van der Waals surface area contributed by atoms with Crippen LogP contribution < -0.4 is 9.80 Å². The van der Waals surface area contributed by atoms with Crippen molar-refractivity contribution in [2.75, 3.05) is 23.4 Å². The van der Waals surface area contributed by atoms with Crippen molar-refractivity contribution in [3.05, 3.63) is 71.8 Å². The van der Waals surface area contributed by atoms with Crippen molar-refractivity contribution in [1.82, 2.24) is 15.0 Å². The van der Waals surface area contributed by atoms with Crippen LogP contribution in [0.5, 0.6) is 0 Å². The van der Waals surface area contributed by atoms with Gasteiger partial charge in [-0.15, -0.1) is 0 Å². The van der Waals surface area contributed by atoms with E-state index in [1.54, 1.807) is 29.6 Å². The zero-order valence-corrected chi connectivity index (χ0v) is 20.8. The van der Waals surface area contributed by atoms with E-state index in [1.165, 1.54) is 0 Å². The van der Waals surface area contributed by atoms with Gasteiger partial charge in [0.1, 0.15) is 5.52 Å². The zero-order valence-electron chi connectivity index (χ0n) is 20.8. The Kier molecular flexibility index (Phi) is 7.28. The summed E-state index contributed by atoms with van der Waals surface area (Å²) in [4.78, 5) is 40.8. The summed E-state index contributed by atoms with van der Waals surface area (Å²) in [5.41, 5.74) is 5.43. The van der Waals surface area contributed by atoms with Crippen molar-refractivity contribution in [2.45, 2.75) is 39.5 Å². The number of aromatic nitrogens is 3. The number of carboxylic acids is 1. The van der Waals surface area contributed by atoms with Gasteiger partial charge in [-0.05, 0) is 55.3 Å². The Labute approximate surface area is 209 Å². The molecule has 0 radical (unpaired) electrons. The van der Waals surface area contributed by atoms with Gasteiger partial charge >= 0.3 is 12.0 Å². The van der Waals surface area contributed by atoms with Crippen LogP contribution >= 0.6 is 0 Å². The van der Waals surface area contributed by atoms with Crippen LogP contribution in [0.1, 0.15) is 43.0 Å². The standard InChI is InChI=1S/C27H29N5O4/c1-5-32(20-7-9-21(29-15-20)18(3)12-26(34)35)25(33)14-19-6-8-22-24(13-19)36-27(30-22)31(4)23-16-28-11-10-17(23)2/h6-11,13,15-16,18H,5,12,14H2,1-4H3,(H,34,35). The normalized spacial score (nSPS) is 11.9. The molecule has 1 aromatic carbocycles. The van der Waals surface area contributed by atoms with Gasteiger partial charge in [0.15, 0.2) is 5.58 Å². The van der Waals surface area contributed by atoms with Crippen LogP contribution in [0, 0.1) is 6.92 Å². The number of hydrogen-bond donors (Lipinski definition) is 1. The van der Waals surface area contributed by atoms with Crippen LogP contribution in [0.25, 0.3) is 11.1 Å². The molecule has 3 heterocycles. The number of carboxylic acid groups (broad SMARTS) is 1. The van der Waals surface area contributed by atoms with Gasteiger partial charge in [-0.1, -0.05) is 13.0 Å². The summed E-state index contributed by atoms with van der Waals surface area (Å²) in [7, 11) is 1.88. The molecule has 1 amide bonds. The number of carbonyl (C=O) groups is 2. The lowest BCUT2D eigenvalue weighted by molar-refractivity contribution is -0.137. The number of oxazole rings is 1. The Morgan fingerprint density at radius 3 is 2.61 bits per heavy atom. The lowest BCUT2D eigenvalue weighted by Gasteiger charge is -2.21. The number of nitrogens with zero attached hydrogens (tertiary/aromatic N) is 5. The van der Waals surface area contributed by atoms with E-state index in [0.717, 1.165) is 16.8 Å². The number of aliphatic carboxylic acids is 1. The fraction of sp³-hybridized carbons (Fsp3) is 0.296. The van der Waals surface area contributed by atoms with E-state index in [0.29, 0.717) is 35.0 Å². The quantitative estimate of drug-likeness (QED) is 0.356. The van der Waals surface area contributed by atoms with Gasteiger partial charge in [0.25, 0.3) is 0 Å². The van der Waals surface area contributed by atoms with Crippen LogP contribution in [-0.2, 0) is 16.0 Å². The molecule has 0 saturated heterocycles. The highest BCUT2D eigenvalue weighted by Gasteiger charge is 2.19. The smallest absolute Gasteiger partial charge is 0.304 e. The molecule has 9 nitrogen and oxygen atoms in total. The number of fused-ring (bicyclic) bond motifs is 1. The van der Waals surface area contributed by atoms with E-state index in [1.807, 2.05) is 63.1 Å². The maximum atomic E-state index is 13.1. The lowest BCUT2D eigenvalue weighted by Crippen LogP contribution is -2.32. The summed E-state index contributed by atoms with van der Waals surface area (Å²) in [6.07, 6.45) is 5.33. The van der Waals surface area contributed by atoms with Crippen molar-refractivity contribution in [1.29, 1.82) is 0 Å². The zero-order chi connectivity index (χ0) is 25.8. The summed E-state index contributed by atoms with van der Waals surface area (Å²) in [5.74, 6) is -1.15. The molecule has 1 unspecified atom stereocenters. The SMILES string of the molecule is CCN(C(=O)Cc1ccc2nc(N(C)c3cnccc3C)oc2c1)c1ccc(C(C)CC(=O)O)nc1. The molecule has 0 aliphatic rings. The molecule has 0 bridgehead atoms. The molecule has 4 aromatic rings. The number of aryl methyl sites for hydroxylation is 1. The van der Waals surface area contributed by atoms with Gasteiger partial charge in [0, 0.05) is 31.4 Å². The lowest BCUT2D eigenvalue weighted by atomic mass is 10.0. The minimum atomic E-state index is -0.867. The molecule has 0 spiro atoms. The van der Waals surface area contributed by atoms with E-state index in [2.05, 4.69) is 15.0 Å². The number of rotatable bonds is 9. The fourth-order valence-electron chi connectivity index (χ4n) is 4.11. The fourth-order valence-corrected chi connectivity index (χ4v) is 4.11. The first-order chi connectivity index (χ1) is 17.3. The molecule has 0 aliphatic carbocycles. The Balaban J connectivity index is 1.49. The van der Waals surface area contributed by atoms with Gasteiger partial charge in [-0.2, -0.15) is 4.98 Å². The number of benzene rings is 1. The predicted molar refractivity (Wildman–Crippen MR) is 138 cm³/mol. The van der Waals surface area contributed by atoms with Gasteiger partial charge in [-0.3, -0.25) is 24.5 Å². The van der Waals surface area contributed by atoms with Crippen molar-refractivity contribution in [2.24, 2.45) is 0 Å². The molecule has 3 aromatic heterocycles. The number of amides is 1. The second-order valence-electron chi connectivity index (χ2n) is 8.77. The second-order valence-corrected chi connectivity index (χ2v) is 8.77. The summed E-state index contributed by atoms with van der Waals surface area (Å²) in [5, 5.41) is 9.00. The van der Waals surface area contributed by atoms with Gasteiger partial charge in [0.2, 0.25) is 5.91 Å². The van der Waals surface area contributed by atoms with E-state index in [9.17, 15) is 9.59 Å². The van der Waals surface area contributed by atoms with E-state index in [4.69, 9.17) is 9.52 Å². The van der Waals surface area contributed by atoms with Crippen molar-refractivity contribution < 1.29 is 19.1 Å². The Bertz CT molecular complexity index is 1380. The summed E-state index contributed by atoms with van der Waals surface area (Å²) < 4.78 is 6.01. The first-order valence-electron chi connectivity index (χ1n) is 11.8. The molecule has 1 N–H and O–H groups in total. The maximum absolute atomic E-state index is 13.1. The number of anilines is 3. The van der Waals surface area contributed by atoms with Crippen molar-refractivity contribution >= 4 is 40.4 Å². The average Bonchev–Trinajstić information content (AvgIpc) is 3.28. The summed E-state index contributed by atoms with van der Waals surface area (Å²) >= 11 is 0. The number of pyridine rings is 2. The molecule has 9 heteroatoms. The molecule has 0 aliphatic heterocycles.